The average Bonchev–Trinajstić information content (AvgIpc) is 3.92. The van der Waals surface area contributed by atoms with Gasteiger partial charge in [-0.05, 0) is 67.4 Å². The second kappa shape index (κ2) is 16.4. The Morgan fingerprint density at radius 2 is 1.65 bits per heavy atom. The number of amides is 4. The molecule has 3 aliphatic rings. The predicted molar refractivity (Wildman–Crippen MR) is 203 cm³/mol. The number of carbonyl (C=O) groups is 4. The van der Waals surface area contributed by atoms with Crippen molar-refractivity contribution in [2.24, 2.45) is 0 Å². The summed E-state index contributed by atoms with van der Waals surface area (Å²) in [5.41, 5.74) is 3.32. The summed E-state index contributed by atoms with van der Waals surface area (Å²) in [6, 6.07) is 18.0. The van der Waals surface area contributed by atoms with Crippen molar-refractivity contribution in [3.63, 3.8) is 0 Å². The normalized spacial score (nSPS) is 18.3. The minimum Gasteiger partial charge on any atom is -0.491 e. The lowest BCUT2D eigenvalue weighted by Crippen LogP contribution is -2.54. The molecule has 2 saturated heterocycles. The van der Waals surface area contributed by atoms with Crippen LogP contribution in [0.1, 0.15) is 40.0 Å². The fourth-order valence-electron chi connectivity index (χ4n) is 6.88. The molecule has 1 aromatic carbocycles. The number of piperidine rings is 1. The highest BCUT2D eigenvalue weighted by molar-refractivity contribution is 7.21. The smallest absolute Gasteiger partial charge is 0.262 e. The SMILES string of the molecule is O=C1CCC(N2C(=O)c3ccc(OCCOCCOCCOC4CCN(c5ccc(-c6ccc7cc(-c8cccnc8)sc7n6)cn5)C4)cc3C2=O)C(=O)N1. The molecule has 0 saturated carbocycles. The van der Waals surface area contributed by atoms with Crippen LogP contribution in [0.3, 0.4) is 0 Å². The minimum atomic E-state index is -1.01. The predicted octanol–water partition coefficient (Wildman–Crippen LogP) is 4.53. The average molecular weight is 763 g/mol. The lowest BCUT2D eigenvalue weighted by atomic mass is 10.0. The number of anilines is 1. The maximum Gasteiger partial charge on any atom is 0.262 e. The lowest BCUT2D eigenvalue weighted by molar-refractivity contribution is -0.136. The topological polar surface area (TPSA) is 162 Å². The van der Waals surface area contributed by atoms with E-state index in [1.54, 1.807) is 23.6 Å². The molecule has 1 N–H and O–H groups in total. The number of ether oxygens (including phenoxy) is 4. The Balaban J connectivity index is 0.702. The first-order valence-electron chi connectivity index (χ1n) is 18.2. The summed E-state index contributed by atoms with van der Waals surface area (Å²) in [5, 5.41) is 3.30. The van der Waals surface area contributed by atoms with E-state index in [1.165, 1.54) is 12.1 Å². The van der Waals surface area contributed by atoms with E-state index in [9.17, 15) is 19.2 Å². The third-order valence-electron chi connectivity index (χ3n) is 9.70. The number of thiophene rings is 1. The van der Waals surface area contributed by atoms with Gasteiger partial charge >= 0.3 is 0 Å². The van der Waals surface area contributed by atoms with Crippen LogP contribution in [-0.2, 0) is 23.8 Å². The molecule has 3 aliphatic heterocycles. The highest BCUT2D eigenvalue weighted by Crippen LogP contribution is 2.34. The number of benzene rings is 1. The Hall–Kier alpha value is -5.61. The molecular weight excluding hydrogens is 725 g/mol. The molecule has 282 valence electrons. The summed E-state index contributed by atoms with van der Waals surface area (Å²) in [7, 11) is 0. The van der Waals surface area contributed by atoms with Gasteiger partial charge in [0, 0.05) is 59.5 Å². The number of hydrogen-bond donors (Lipinski definition) is 1. The molecule has 0 aliphatic carbocycles. The number of nitrogens with zero attached hydrogens (tertiary/aromatic N) is 5. The minimum absolute atomic E-state index is 0.0650. The largest absolute Gasteiger partial charge is 0.491 e. The van der Waals surface area contributed by atoms with Gasteiger partial charge in [0.2, 0.25) is 11.8 Å². The molecule has 2 fully saturated rings. The van der Waals surface area contributed by atoms with Gasteiger partial charge in [0.1, 0.15) is 29.0 Å². The zero-order valence-corrected chi connectivity index (χ0v) is 30.7. The molecule has 0 bridgehead atoms. The van der Waals surface area contributed by atoms with Gasteiger partial charge < -0.3 is 23.8 Å². The van der Waals surface area contributed by atoms with Crippen LogP contribution in [0.5, 0.6) is 5.75 Å². The molecule has 55 heavy (non-hydrogen) atoms. The number of rotatable bonds is 15. The van der Waals surface area contributed by atoms with E-state index in [4.69, 9.17) is 28.9 Å². The molecule has 0 radical (unpaired) electrons. The molecule has 7 heterocycles. The van der Waals surface area contributed by atoms with E-state index in [-0.39, 0.29) is 36.7 Å². The molecule has 2 unspecified atom stereocenters. The first kappa shape index (κ1) is 36.4. The molecule has 4 amide bonds. The summed E-state index contributed by atoms with van der Waals surface area (Å²) in [6.45, 7) is 3.87. The van der Waals surface area contributed by atoms with Crippen LogP contribution in [0.25, 0.3) is 31.9 Å². The van der Waals surface area contributed by atoms with Crippen molar-refractivity contribution in [3.05, 3.63) is 90.4 Å². The molecule has 15 heteroatoms. The molecule has 8 rings (SSSR count). The van der Waals surface area contributed by atoms with E-state index in [1.807, 2.05) is 30.6 Å². The maximum absolute atomic E-state index is 13.0. The highest BCUT2D eigenvalue weighted by Gasteiger charge is 2.44. The van der Waals surface area contributed by atoms with Crippen LogP contribution >= 0.6 is 11.3 Å². The van der Waals surface area contributed by atoms with Crippen molar-refractivity contribution in [1.82, 2.24) is 25.2 Å². The summed E-state index contributed by atoms with van der Waals surface area (Å²) >= 11 is 1.66. The van der Waals surface area contributed by atoms with Crippen molar-refractivity contribution in [2.75, 3.05) is 57.6 Å². The maximum atomic E-state index is 13.0. The Bertz CT molecular complexity index is 2210. The number of nitrogens with one attached hydrogen (secondary N) is 1. The van der Waals surface area contributed by atoms with Gasteiger partial charge in [-0.2, -0.15) is 0 Å². The van der Waals surface area contributed by atoms with Crippen LogP contribution < -0.4 is 15.0 Å². The Labute approximate surface area is 320 Å². The van der Waals surface area contributed by atoms with Crippen molar-refractivity contribution in [1.29, 1.82) is 0 Å². The van der Waals surface area contributed by atoms with Gasteiger partial charge in [-0.25, -0.2) is 9.97 Å². The van der Waals surface area contributed by atoms with Crippen molar-refractivity contribution < 1.29 is 38.1 Å². The molecule has 5 aromatic rings. The summed E-state index contributed by atoms with van der Waals surface area (Å²) in [4.78, 5) is 68.8. The number of carbonyl (C=O) groups excluding carboxylic acids is 4. The van der Waals surface area contributed by atoms with Gasteiger partial charge in [-0.1, -0.05) is 6.07 Å². The fraction of sp³-hybridized carbons (Fsp3) is 0.325. The standard InChI is InChI=1S/C40H38N6O8S/c47-36-10-8-33(37(48)44-36)46-39(49)30-6-5-28(21-31(30)40(46)50)53-18-16-51-14-15-52-17-19-54-29-11-13-45(24-29)35-9-4-26(23-42-35)32-7-3-25-20-34(55-38(25)43-32)27-2-1-12-41-22-27/h1-7,9,12,20-23,29,33H,8,10-11,13-19,24H2,(H,44,47,48). The zero-order chi connectivity index (χ0) is 37.7. The van der Waals surface area contributed by atoms with Crippen LogP contribution in [0.15, 0.2) is 79.3 Å². The second-order valence-corrected chi connectivity index (χ2v) is 14.3. The van der Waals surface area contributed by atoms with Crippen LogP contribution in [-0.4, -0.2) is 108 Å². The van der Waals surface area contributed by atoms with Crippen LogP contribution in [0.4, 0.5) is 5.82 Å². The van der Waals surface area contributed by atoms with Crippen molar-refractivity contribution in [3.8, 4) is 27.4 Å². The van der Waals surface area contributed by atoms with E-state index in [2.05, 4.69) is 39.5 Å². The van der Waals surface area contributed by atoms with Gasteiger partial charge in [0.25, 0.3) is 11.8 Å². The Morgan fingerprint density at radius 1 is 0.818 bits per heavy atom. The third kappa shape index (κ3) is 8.10. The van der Waals surface area contributed by atoms with Gasteiger partial charge in [0.15, 0.2) is 0 Å². The first-order chi connectivity index (χ1) is 26.9. The van der Waals surface area contributed by atoms with Gasteiger partial charge in [-0.3, -0.25) is 34.4 Å². The van der Waals surface area contributed by atoms with Gasteiger partial charge in [-0.15, -0.1) is 11.3 Å². The highest BCUT2D eigenvalue weighted by atomic mass is 32.1. The molecule has 14 nitrogen and oxygen atoms in total. The summed E-state index contributed by atoms with van der Waals surface area (Å²) in [6.07, 6.45) is 6.71. The molecule has 2 atom stereocenters. The molecule has 0 spiro atoms. The third-order valence-corrected chi connectivity index (χ3v) is 10.8. The second-order valence-electron chi connectivity index (χ2n) is 13.3. The lowest BCUT2D eigenvalue weighted by Gasteiger charge is -2.27. The Kier molecular flexibility index (Phi) is 10.8. The van der Waals surface area contributed by atoms with Crippen molar-refractivity contribution in [2.45, 2.75) is 31.4 Å². The van der Waals surface area contributed by atoms with E-state index in [0.29, 0.717) is 38.8 Å². The summed E-state index contributed by atoms with van der Waals surface area (Å²) in [5.74, 6) is -0.882. The zero-order valence-electron chi connectivity index (χ0n) is 29.8. The number of aromatic nitrogens is 3. The van der Waals surface area contributed by atoms with Gasteiger partial charge in [0.05, 0.1) is 56.0 Å². The van der Waals surface area contributed by atoms with E-state index >= 15 is 0 Å². The number of fused-ring (bicyclic) bond motifs is 2. The monoisotopic (exact) mass is 762 g/mol. The number of imide groups is 2. The molecule has 4 aromatic heterocycles. The quantitative estimate of drug-likeness (QED) is 0.117. The molecular formula is C40H38N6O8S. The van der Waals surface area contributed by atoms with E-state index in [0.717, 1.165) is 62.1 Å². The van der Waals surface area contributed by atoms with Crippen LogP contribution in [0.2, 0.25) is 0 Å². The van der Waals surface area contributed by atoms with E-state index < -0.39 is 29.7 Å². The first-order valence-corrected chi connectivity index (χ1v) is 19.0. The Morgan fingerprint density at radius 3 is 2.45 bits per heavy atom. The van der Waals surface area contributed by atoms with Crippen LogP contribution in [0, 0.1) is 0 Å². The van der Waals surface area contributed by atoms with Crippen molar-refractivity contribution >= 4 is 51.0 Å². The number of pyridine rings is 3. The number of hydrogen-bond acceptors (Lipinski definition) is 13. The fourth-order valence-corrected chi connectivity index (χ4v) is 7.90. The summed E-state index contributed by atoms with van der Waals surface area (Å²) < 4.78 is 23.1.